The fraction of sp³-hybridized carbons (Fsp3) is 0.304. The summed E-state index contributed by atoms with van der Waals surface area (Å²) in [6.07, 6.45) is 1.77. The average molecular weight is 390 g/mol. The van der Waals surface area contributed by atoms with Crippen LogP contribution >= 0.6 is 12.2 Å². The third-order valence-electron chi connectivity index (χ3n) is 6.05. The monoisotopic (exact) mass is 389 g/mol. The van der Waals surface area contributed by atoms with Gasteiger partial charge < -0.3 is 14.8 Å². The zero-order chi connectivity index (χ0) is 19.4. The van der Waals surface area contributed by atoms with Crippen molar-refractivity contribution in [2.24, 2.45) is 0 Å². The summed E-state index contributed by atoms with van der Waals surface area (Å²) in [5.41, 5.74) is 6.76. The summed E-state index contributed by atoms with van der Waals surface area (Å²) in [6, 6.07) is 14.7. The number of thiocarbonyl (C=S) groups is 1. The molecule has 3 aromatic rings. The van der Waals surface area contributed by atoms with Crippen LogP contribution in [0.15, 0.2) is 47.3 Å². The minimum absolute atomic E-state index is 0.174. The van der Waals surface area contributed by atoms with Crippen molar-refractivity contribution in [3.8, 4) is 0 Å². The fourth-order valence-corrected chi connectivity index (χ4v) is 5.00. The van der Waals surface area contributed by atoms with E-state index >= 15 is 0 Å². The first kappa shape index (κ1) is 17.4. The third-order valence-corrected chi connectivity index (χ3v) is 6.39. The molecule has 2 aliphatic rings. The Morgan fingerprint density at radius 1 is 1.07 bits per heavy atom. The third kappa shape index (κ3) is 2.65. The summed E-state index contributed by atoms with van der Waals surface area (Å²) < 4.78 is 2.36. The van der Waals surface area contributed by atoms with Gasteiger partial charge >= 0.3 is 0 Å². The number of aryl methyl sites for hydroxylation is 2. The highest BCUT2D eigenvalue weighted by atomic mass is 32.1. The Hall–Kier alpha value is -2.66. The van der Waals surface area contributed by atoms with Crippen LogP contribution in [0.2, 0.25) is 0 Å². The van der Waals surface area contributed by atoms with Crippen molar-refractivity contribution < 1.29 is 0 Å². The number of nitrogens with zero attached hydrogens (tertiary/aromatic N) is 2. The Labute approximate surface area is 169 Å². The molecule has 1 N–H and O–H groups in total. The summed E-state index contributed by atoms with van der Waals surface area (Å²) in [7, 11) is 0. The van der Waals surface area contributed by atoms with Crippen LogP contribution in [-0.4, -0.2) is 21.1 Å². The number of rotatable bonds is 1. The van der Waals surface area contributed by atoms with Crippen LogP contribution in [0.1, 0.15) is 34.8 Å². The van der Waals surface area contributed by atoms with Gasteiger partial charge in [0.1, 0.15) is 0 Å². The number of aromatic nitrogens is 1. The molecular weight excluding hydrogens is 366 g/mol. The smallest absolute Gasteiger partial charge is 0.192 e. The maximum absolute atomic E-state index is 13.1. The SMILES string of the molecule is Cc1ccc(NC(=S)N2CCn3c4c(c(=O)c5cc(C)ccc53)CC[C@H]42)cc1. The van der Waals surface area contributed by atoms with Crippen molar-refractivity contribution >= 4 is 33.9 Å². The molecule has 0 bridgehead atoms. The van der Waals surface area contributed by atoms with E-state index in [0.29, 0.717) is 0 Å². The van der Waals surface area contributed by atoms with Gasteiger partial charge in [0.25, 0.3) is 0 Å². The van der Waals surface area contributed by atoms with Crippen molar-refractivity contribution in [2.75, 3.05) is 11.9 Å². The lowest BCUT2D eigenvalue weighted by molar-refractivity contribution is 0.263. The van der Waals surface area contributed by atoms with E-state index in [9.17, 15) is 4.79 Å². The van der Waals surface area contributed by atoms with Gasteiger partial charge in [0.05, 0.1) is 11.6 Å². The van der Waals surface area contributed by atoms with Gasteiger partial charge in [-0.1, -0.05) is 29.3 Å². The lowest BCUT2D eigenvalue weighted by Crippen LogP contribution is -2.44. The zero-order valence-corrected chi connectivity index (χ0v) is 17.0. The van der Waals surface area contributed by atoms with E-state index in [4.69, 9.17) is 12.2 Å². The van der Waals surface area contributed by atoms with Crippen molar-refractivity contribution in [1.29, 1.82) is 0 Å². The maximum Gasteiger partial charge on any atom is 0.192 e. The number of fused-ring (bicyclic) bond motifs is 2. The minimum Gasteiger partial charge on any atom is -0.340 e. The van der Waals surface area contributed by atoms with Gasteiger partial charge in [-0.05, 0) is 63.2 Å². The molecule has 1 atom stereocenters. The number of nitrogens with one attached hydrogen (secondary N) is 1. The van der Waals surface area contributed by atoms with Gasteiger partial charge in [-0.25, -0.2) is 0 Å². The van der Waals surface area contributed by atoms with Crippen LogP contribution in [0.25, 0.3) is 10.9 Å². The summed E-state index contributed by atoms with van der Waals surface area (Å²) in [4.78, 5) is 15.4. The van der Waals surface area contributed by atoms with Crippen LogP contribution in [0, 0.1) is 13.8 Å². The second kappa shape index (κ2) is 6.45. The Kier molecular flexibility index (Phi) is 4.02. The number of hydrogen-bond acceptors (Lipinski definition) is 2. The summed E-state index contributed by atoms with van der Waals surface area (Å²) in [5.74, 6) is 0. The standard InChI is InChI=1S/C23H23N3OS/c1-14-3-6-16(7-4-14)24-23(28)26-12-11-25-19-9-5-15(2)13-18(19)22(27)17-8-10-20(26)21(17)25/h3-7,9,13,20H,8,10-12H2,1-2H3,(H,24,28)/t20-/m1/s1. The second-order valence-corrected chi connectivity index (χ2v) is 8.30. The van der Waals surface area contributed by atoms with E-state index in [0.717, 1.165) is 58.8 Å². The summed E-state index contributed by atoms with van der Waals surface area (Å²) >= 11 is 5.76. The molecule has 2 heterocycles. The molecule has 0 fully saturated rings. The maximum atomic E-state index is 13.1. The Morgan fingerprint density at radius 2 is 1.82 bits per heavy atom. The average Bonchev–Trinajstić information content (AvgIpc) is 3.13. The normalized spacial score (nSPS) is 17.6. The summed E-state index contributed by atoms with van der Waals surface area (Å²) in [6.45, 7) is 5.81. The van der Waals surface area contributed by atoms with E-state index in [1.165, 1.54) is 11.3 Å². The van der Waals surface area contributed by atoms with Crippen molar-refractivity contribution in [3.63, 3.8) is 0 Å². The zero-order valence-electron chi connectivity index (χ0n) is 16.2. The highest BCUT2D eigenvalue weighted by molar-refractivity contribution is 7.80. The molecule has 0 amide bonds. The Morgan fingerprint density at radius 3 is 2.61 bits per heavy atom. The molecule has 1 aromatic heterocycles. The highest BCUT2D eigenvalue weighted by Gasteiger charge is 2.37. The Bertz CT molecular complexity index is 1160. The molecule has 1 aliphatic heterocycles. The first-order valence-corrected chi connectivity index (χ1v) is 10.2. The predicted octanol–water partition coefficient (Wildman–Crippen LogP) is 4.32. The quantitative estimate of drug-likeness (QED) is 0.629. The lowest BCUT2D eigenvalue weighted by Gasteiger charge is -2.38. The molecule has 5 heteroatoms. The van der Waals surface area contributed by atoms with E-state index < -0.39 is 0 Å². The van der Waals surface area contributed by atoms with Gasteiger partial charge in [0.2, 0.25) is 0 Å². The Balaban J connectivity index is 1.54. The molecule has 142 valence electrons. The largest absolute Gasteiger partial charge is 0.340 e. The molecule has 0 saturated heterocycles. The van der Waals surface area contributed by atoms with E-state index in [1.54, 1.807) is 0 Å². The molecule has 0 radical (unpaired) electrons. The van der Waals surface area contributed by atoms with Gasteiger partial charge in [-0.15, -0.1) is 0 Å². The van der Waals surface area contributed by atoms with E-state index in [1.807, 2.05) is 13.0 Å². The molecule has 0 spiro atoms. The van der Waals surface area contributed by atoms with Gasteiger partial charge in [0, 0.05) is 35.4 Å². The van der Waals surface area contributed by atoms with Crippen molar-refractivity contribution in [2.45, 2.75) is 39.3 Å². The van der Waals surface area contributed by atoms with Crippen LogP contribution in [0.5, 0.6) is 0 Å². The first-order chi connectivity index (χ1) is 13.5. The van der Waals surface area contributed by atoms with Gasteiger partial charge in [-0.3, -0.25) is 4.79 Å². The molecule has 0 unspecified atom stereocenters. The molecule has 5 rings (SSSR count). The van der Waals surface area contributed by atoms with Crippen LogP contribution in [0.4, 0.5) is 5.69 Å². The van der Waals surface area contributed by atoms with Crippen LogP contribution in [0.3, 0.4) is 0 Å². The molecule has 28 heavy (non-hydrogen) atoms. The van der Waals surface area contributed by atoms with Crippen molar-refractivity contribution in [3.05, 3.63) is 75.1 Å². The highest BCUT2D eigenvalue weighted by Crippen LogP contribution is 2.39. The first-order valence-electron chi connectivity index (χ1n) is 9.83. The van der Waals surface area contributed by atoms with Gasteiger partial charge in [0.15, 0.2) is 10.5 Å². The molecule has 4 nitrogen and oxygen atoms in total. The van der Waals surface area contributed by atoms with E-state index in [-0.39, 0.29) is 11.5 Å². The minimum atomic E-state index is 0.174. The molecular formula is C23H23N3OS. The number of anilines is 1. The molecule has 2 aromatic carbocycles. The van der Waals surface area contributed by atoms with E-state index in [2.05, 4.69) is 58.1 Å². The summed E-state index contributed by atoms with van der Waals surface area (Å²) in [5, 5.41) is 4.98. The number of pyridine rings is 1. The van der Waals surface area contributed by atoms with Gasteiger partial charge in [-0.2, -0.15) is 0 Å². The number of hydrogen-bond donors (Lipinski definition) is 1. The fourth-order valence-electron chi connectivity index (χ4n) is 4.66. The topological polar surface area (TPSA) is 37.3 Å². The number of benzene rings is 2. The van der Waals surface area contributed by atoms with Crippen molar-refractivity contribution in [1.82, 2.24) is 9.47 Å². The predicted molar refractivity (Wildman–Crippen MR) is 118 cm³/mol. The van der Waals surface area contributed by atoms with Crippen LogP contribution < -0.4 is 10.7 Å². The van der Waals surface area contributed by atoms with Crippen LogP contribution in [-0.2, 0) is 13.0 Å². The molecule has 0 saturated carbocycles. The molecule has 1 aliphatic carbocycles. The lowest BCUT2D eigenvalue weighted by atomic mass is 10.0. The second-order valence-electron chi connectivity index (χ2n) is 7.91.